The van der Waals surface area contributed by atoms with Crippen molar-refractivity contribution in [3.63, 3.8) is 0 Å². The van der Waals surface area contributed by atoms with Crippen molar-refractivity contribution in [2.75, 3.05) is 0 Å². The summed E-state index contributed by atoms with van der Waals surface area (Å²) in [5.74, 6) is 0. The molecule has 1 atom stereocenters. The Balaban J connectivity index is 2.46. The maximum absolute atomic E-state index is 11.2. The molecule has 0 aromatic heterocycles. The van der Waals surface area contributed by atoms with E-state index in [2.05, 4.69) is 6.58 Å². The summed E-state index contributed by atoms with van der Waals surface area (Å²) in [6, 6.07) is 9.82. The zero-order valence-corrected chi connectivity index (χ0v) is 7.07. The topological polar surface area (TPSA) is 19.9 Å². The summed E-state index contributed by atoms with van der Waals surface area (Å²) in [5.41, 5.74) is 1.11. The van der Waals surface area contributed by atoms with Gasteiger partial charge < -0.3 is 0 Å². The predicted octanol–water partition coefficient (Wildman–Crippen LogP) is 2.60. The van der Waals surface area contributed by atoms with Gasteiger partial charge in [0.1, 0.15) is 6.10 Å². The van der Waals surface area contributed by atoms with Crippen molar-refractivity contribution in [3.8, 4) is 0 Å². The molecule has 0 spiro atoms. The highest BCUT2D eigenvalue weighted by atomic mass is 16.3. The molecule has 63 valence electrons. The highest BCUT2D eigenvalue weighted by Crippen LogP contribution is 2.05. The third kappa shape index (κ3) is 2.89. The van der Waals surface area contributed by atoms with Gasteiger partial charge in [-0.2, -0.15) is 0 Å². The van der Waals surface area contributed by atoms with Crippen molar-refractivity contribution in [1.82, 2.24) is 0 Å². The minimum absolute atomic E-state index is 0.537. The molecule has 1 heteroatoms. The average molecular weight is 161 g/mol. The van der Waals surface area contributed by atoms with Crippen LogP contribution in [0.2, 0.25) is 0 Å². The molecular weight excluding hydrogens is 148 g/mol. The zero-order chi connectivity index (χ0) is 8.81. The standard InChI is InChI=1S/C11H13O/c1-2-6-11(12)9-10-7-4-3-5-8-10/h2-5,7-8,11H,1,6,9H2. The Bertz CT molecular complexity index is 228. The van der Waals surface area contributed by atoms with Gasteiger partial charge in [-0.05, 0) is 12.0 Å². The molecule has 1 nitrogen and oxygen atoms in total. The van der Waals surface area contributed by atoms with E-state index in [-0.39, 0.29) is 0 Å². The summed E-state index contributed by atoms with van der Waals surface area (Å²) in [6.45, 7) is 3.54. The second-order valence-electron chi connectivity index (χ2n) is 2.84. The van der Waals surface area contributed by atoms with Gasteiger partial charge in [0.15, 0.2) is 0 Å². The van der Waals surface area contributed by atoms with Gasteiger partial charge in [0, 0.05) is 6.42 Å². The van der Waals surface area contributed by atoms with E-state index in [1.165, 1.54) is 0 Å². The predicted molar refractivity (Wildman–Crippen MR) is 49.4 cm³/mol. The van der Waals surface area contributed by atoms with E-state index in [1.807, 2.05) is 30.3 Å². The molecule has 0 aliphatic carbocycles. The van der Waals surface area contributed by atoms with Gasteiger partial charge in [-0.3, -0.25) is 0 Å². The first kappa shape index (κ1) is 9.01. The van der Waals surface area contributed by atoms with Crippen LogP contribution in [0.1, 0.15) is 12.0 Å². The monoisotopic (exact) mass is 161 g/mol. The van der Waals surface area contributed by atoms with Crippen molar-refractivity contribution in [2.24, 2.45) is 0 Å². The van der Waals surface area contributed by atoms with Crippen LogP contribution in [0.25, 0.3) is 0 Å². The van der Waals surface area contributed by atoms with Crippen molar-refractivity contribution in [3.05, 3.63) is 48.6 Å². The van der Waals surface area contributed by atoms with Crippen molar-refractivity contribution in [2.45, 2.75) is 18.9 Å². The molecule has 12 heavy (non-hydrogen) atoms. The van der Waals surface area contributed by atoms with Crippen LogP contribution in [-0.4, -0.2) is 6.10 Å². The molecule has 0 amide bonds. The first-order valence-electron chi connectivity index (χ1n) is 4.13. The van der Waals surface area contributed by atoms with Crippen LogP contribution < -0.4 is 0 Å². The Morgan fingerprint density at radius 2 is 2.00 bits per heavy atom. The maximum Gasteiger partial charge on any atom is 0.100 e. The number of hydrogen-bond acceptors (Lipinski definition) is 0. The summed E-state index contributed by atoms with van der Waals surface area (Å²) in [5, 5.41) is 11.2. The lowest BCUT2D eigenvalue weighted by Crippen LogP contribution is -2.06. The molecule has 1 unspecified atom stereocenters. The molecule has 1 aromatic rings. The second kappa shape index (κ2) is 4.73. The van der Waals surface area contributed by atoms with Crippen molar-refractivity contribution >= 4 is 0 Å². The van der Waals surface area contributed by atoms with Crippen LogP contribution in [0.3, 0.4) is 0 Å². The van der Waals surface area contributed by atoms with E-state index in [1.54, 1.807) is 6.08 Å². The summed E-state index contributed by atoms with van der Waals surface area (Å²) in [4.78, 5) is 0. The third-order valence-corrected chi connectivity index (χ3v) is 1.74. The van der Waals surface area contributed by atoms with Crippen LogP contribution in [0, 0.1) is 0 Å². The second-order valence-corrected chi connectivity index (χ2v) is 2.84. The summed E-state index contributed by atoms with van der Waals surface area (Å²) >= 11 is 0. The van der Waals surface area contributed by atoms with Crippen LogP contribution in [-0.2, 0) is 11.5 Å². The van der Waals surface area contributed by atoms with Gasteiger partial charge in [0.2, 0.25) is 0 Å². The number of benzene rings is 1. The quantitative estimate of drug-likeness (QED) is 0.605. The fraction of sp³-hybridized carbons (Fsp3) is 0.273. The Labute approximate surface area is 73.4 Å². The van der Waals surface area contributed by atoms with Gasteiger partial charge in [0.25, 0.3) is 0 Å². The van der Waals surface area contributed by atoms with E-state index in [0.29, 0.717) is 12.8 Å². The Morgan fingerprint density at radius 3 is 2.58 bits per heavy atom. The van der Waals surface area contributed by atoms with Gasteiger partial charge in [-0.15, -0.1) is 6.58 Å². The lowest BCUT2D eigenvalue weighted by molar-refractivity contribution is 0.0920. The molecular formula is C11H13O. The zero-order valence-electron chi connectivity index (χ0n) is 7.07. The third-order valence-electron chi connectivity index (χ3n) is 1.74. The SMILES string of the molecule is C=CCC([O])Cc1ccccc1. The smallest absolute Gasteiger partial charge is 0.100 e. The Morgan fingerprint density at radius 1 is 1.33 bits per heavy atom. The molecule has 1 rings (SSSR count). The molecule has 1 aromatic carbocycles. The number of rotatable bonds is 4. The molecule has 0 aliphatic rings. The van der Waals surface area contributed by atoms with E-state index in [9.17, 15) is 5.11 Å². The van der Waals surface area contributed by atoms with Crippen molar-refractivity contribution in [1.29, 1.82) is 0 Å². The van der Waals surface area contributed by atoms with Crippen LogP contribution in [0.5, 0.6) is 0 Å². The van der Waals surface area contributed by atoms with E-state index < -0.39 is 6.10 Å². The summed E-state index contributed by atoms with van der Waals surface area (Å²) in [7, 11) is 0. The first-order chi connectivity index (χ1) is 5.83. The van der Waals surface area contributed by atoms with Gasteiger partial charge in [-0.1, -0.05) is 36.4 Å². The molecule has 0 aliphatic heterocycles. The minimum Gasteiger partial charge on any atom is -0.232 e. The summed E-state index contributed by atoms with van der Waals surface area (Å²) < 4.78 is 0. The van der Waals surface area contributed by atoms with Crippen LogP contribution in [0.15, 0.2) is 43.0 Å². The van der Waals surface area contributed by atoms with E-state index in [4.69, 9.17) is 0 Å². The molecule has 0 fully saturated rings. The first-order valence-corrected chi connectivity index (χ1v) is 4.13. The molecule has 0 heterocycles. The highest BCUT2D eigenvalue weighted by Gasteiger charge is 2.03. The van der Waals surface area contributed by atoms with E-state index >= 15 is 0 Å². The van der Waals surface area contributed by atoms with Gasteiger partial charge in [0.05, 0.1) is 0 Å². The van der Waals surface area contributed by atoms with Crippen molar-refractivity contribution < 1.29 is 5.11 Å². The highest BCUT2D eigenvalue weighted by molar-refractivity contribution is 5.15. The molecule has 0 saturated heterocycles. The Kier molecular flexibility index (Phi) is 3.55. The van der Waals surface area contributed by atoms with E-state index in [0.717, 1.165) is 5.56 Å². The molecule has 0 saturated carbocycles. The lowest BCUT2D eigenvalue weighted by atomic mass is 10.1. The minimum atomic E-state index is -0.537. The summed E-state index contributed by atoms with van der Waals surface area (Å²) in [6.07, 6.45) is 2.30. The maximum atomic E-state index is 11.2. The van der Waals surface area contributed by atoms with Gasteiger partial charge in [-0.25, -0.2) is 5.11 Å². The molecule has 0 bridgehead atoms. The Hall–Kier alpha value is -1.08. The molecule has 0 N–H and O–H groups in total. The normalized spacial score (nSPS) is 12.4. The average Bonchev–Trinajstić information content (AvgIpc) is 2.06. The molecule has 1 radical (unpaired) electrons. The lowest BCUT2D eigenvalue weighted by Gasteiger charge is -2.04. The number of hydrogen-bond donors (Lipinski definition) is 0. The van der Waals surface area contributed by atoms with Crippen LogP contribution in [0.4, 0.5) is 0 Å². The largest absolute Gasteiger partial charge is 0.232 e. The fourth-order valence-corrected chi connectivity index (χ4v) is 1.15. The van der Waals surface area contributed by atoms with Crippen LogP contribution >= 0.6 is 0 Å². The van der Waals surface area contributed by atoms with Gasteiger partial charge >= 0.3 is 0 Å². The fourth-order valence-electron chi connectivity index (χ4n) is 1.15.